The van der Waals surface area contributed by atoms with E-state index in [1.807, 2.05) is 12.1 Å². The van der Waals surface area contributed by atoms with Crippen molar-refractivity contribution in [2.75, 3.05) is 0 Å². The van der Waals surface area contributed by atoms with E-state index in [9.17, 15) is 0 Å². The number of aromatic nitrogens is 6. The first kappa shape index (κ1) is 68.6. The number of aryl methyl sites for hydroxylation is 7. The molecular formula is C91H87Ir2N6-. The summed E-state index contributed by atoms with van der Waals surface area (Å²) in [6.07, 6.45) is 8.60. The van der Waals surface area contributed by atoms with Gasteiger partial charge in [0.05, 0.1) is 33.8 Å². The zero-order valence-corrected chi connectivity index (χ0v) is 64.4. The van der Waals surface area contributed by atoms with Gasteiger partial charge in [-0.3, -0.25) is 9.97 Å². The maximum atomic E-state index is 5.06. The van der Waals surface area contributed by atoms with Crippen molar-refractivity contribution < 1.29 is 44.8 Å². The van der Waals surface area contributed by atoms with E-state index in [4.69, 9.17) is 9.97 Å². The average molecular weight is 1650 g/mol. The van der Waals surface area contributed by atoms with Crippen LogP contribution in [-0.4, -0.2) is 23.2 Å². The Morgan fingerprint density at radius 2 is 0.980 bits per heavy atom. The van der Waals surface area contributed by atoms with Gasteiger partial charge in [0.2, 0.25) is 0 Å². The Morgan fingerprint density at radius 1 is 0.465 bits per heavy atom. The van der Waals surface area contributed by atoms with Gasteiger partial charge in [-0.05, 0) is 188 Å². The first-order valence-electron chi connectivity index (χ1n) is 34.9. The van der Waals surface area contributed by atoms with Gasteiger partial charge in [-0.15, -0.1) is 59.3 Å². The minimum Gasteiger partial charge on any atom is -0.333 e. The first-order chi connectivity index (χ1) is 46.8. The van der Waals surface area contributed by atoms with Crippen molar-refractivity contribution in [1.82, 2.24) is 23.2 Å². The summed E-state index contributed by atoms with van der Waals surface area (Å²) in [5, 5.41) is 11.3. The molecule has 6 nitrogen and oxygen atoms in total. The second-order valence-electron chi connectivity index (χ2n) is 29.8. The van der Waals surface area contributed by atoms with Crippen molar-refractivity contribution in [3.05, 3.63) is 285 Å². The molecule has 0 saturated heterocycles. The van der Waals surface area contributed by atoms with Crippen LogP contribution in [0.1, 0.15) is 121 Å². The largest absolute Gasteiger partial charge is 0.333 e. The fraction of sp³-hybridized carbons (Fsp3) is 0.242. The summed E-state index contributed by atoms with van der Waals surface area (Å²) in [7, 11) is 0. The number of fused-ring (bicyclic) bond motifs is 15. The van der Waals surface area contributed by atoms with E-state index in [1.54, 1.807) is 0 Å². The molecule has 0 N–H and O–H groups in total. The third kappa shape index (κ3) is 12.4. The van der Waals surface area contributed by atoms with Gasteiger partial charge in [-0.25, -0.2) is 4.57 Å². The third-order valence-corrected chi connectivity index (χ3v) is 20.2. The maximum Gasteiger partial charge on any atom is 0.295 e. The summed E-state index contributed by atoms with van der Waals surface area (Å²) in [4.78, 5) is 10.0. The van der Waals surface area contributed by atoms with Crippen molar-refractivity contribution in [3.63, 3.8) is 0 Å². The number of hydrogen-bond donors (Lipinski definition) is 0. The van der Waals surface area contributed by atoms with Crippen LogP contribution in [0.25, 0.3) is 116 Å². The van der Waals surface area contributed by atoms with Crippen molar-refractivity contribution in [2.45, 2.75) is 129 Å². The van der Waals surface area contributed by atoms with Gasteiger partial charge in [0, 0.05) is 90.5 Å². The van der Waals surface area contributed by atoms with Crippen LogP contribution < -0.4 is 4.57 Å². The normalized spacial score (nSPS) is 12.1. The van der Waals surface area contributed by atoms with Crippen LogP contribution in [0, 0.1) is 77.8 Å². The average Bonchev–Trinajstić information content (AvgIpc) is 1.55. The van der Waals surface area contributed by atoms with Crippen molar-refractivity contribution in [2.24, 2.45) is 17.3 Å². The smallest absolute Gasteiger partial charge is 0.295 e. The van der Waals surface area contributed by atoms with Gasteiger partial charge in [0.25, 0.3) is 5.65 Å². The Hall–Kier alpha value is -8.87. The molecule has 0 amide bonds. The van der Waals surface area contributed by atoms with Crippen LogP contribution in [-0.2, 0) is 72.4 Å². The summed E-state index contributed by atoms with van der Waals surface area (Å²) >= 11 is 0. The number of pyridine rings is 3. The zero-order valence-electron chi connectivity index (χ0n) is 59.6. The van der Waals surface area contributed by atoms with E-state index in [1.165, 1.54) is 155 Å². The van der Waals surface area contributed by atoms with Gasteiger partial charge >= 0.3 is 0 Å². The van der Waals surface area contributed by atoms with Crippen LogP contribution in [0.2, 0.25) is 0 Å². The summed E-state index contributed by atoms with van der Waals surface area (Å²) in [5.74, 6) is 1.23. The minimum atomic E-state index is 0. The van der Waals surface area contributed by atoms with Gasteiger partial charge in [0.1, 0.15) is 18.3 Å². The monoisotopic (exact) mass is 1650 g/mol. The zero-order chi connectivity index (χ0) is 67.3. The summed E-state index contributed by atoms with van der Waals surface area (Å²) in [6.45, 7) is 32.4. The molecule has 0 bridgehead atoms. The Labute approximate surface area is 610 Å². The summed E-state index contributed by atoms with van der Waals surface area (Å²) < 4.78 is 9.69. The predicted octanol–water partition coefficient (Wildman–Crippen LogP) is 22.5. The fourth-order valence-corrected chi connectivity index (χ4v) is 16.2. The molecule has 8 heteroatoms. The van der Waals surface area contributed by atoms with E-state index >= 15 is 0 Å². The van der Waals surface area contributed by atoms with Crippen LogP contribution in [0.5, 0.6) is 0 Å². The van der Waals surface area contributed by atoms with Gasteiger partial charge in [-0.2, -0.15) is 4.40 Å². The predicted molar refractivity (Wildman–Crippen MR) is 409 cm³/mol. The van der Waals surface area contributed by atoms with E-state index in [0.29, 0.717) is 11.8 Å². The molecule has 0 atom stereocenters. The molecule has 2 radical (unpaired) electrons. The van der Waals surface area contributed by atoms with Crippen molar-refractivity contribution in [1.29, 1.82) is 0 Å². The maximum absolute atomic E-state index is 5.06. The standard InChI is InChI=1S/C31H25N2.C31H33N2.C29H29N2.2Ir/c1-20-8-6-9-21(2)29(20)28-19-32-18-24-12-7-13-25-26-17-23(16-22-10-4-3-5-11-22)14-15-27(26)33(28)31(32)30(24)25;1-19(2)14-23-16-27-25-12-7-8-13-26(25)31-32-18-29(30-21(5)10-9-11-22(30)6)33(31)28(27)17-24(23)15-20(3)4;1-18-10-9-11-19(2)26(18)27-20(3)30-28-23-13-8-7-12-22(23)24-16-21(17-29(4,5)6)14-15-25(24)31(27)28;;/h3-15,17,19H,16,18H2,1-2H3;7-12,16-20H,14-15H2,1-6H3;7-12,14-16H,17H2,1-6H3;;/q+1;2*-1;;. The SMILES string of the molecule is Cc1cccc(C)c1-c1c(C)nc2c3[c-]cccc3c3cc(CC(C)(C)C)ccc3n12.Cc1cccc(C)c1-c1c[n+]2c3c4c(cccc4c4cc(Cc5ccccc5)ccc4n13)C2.Cc1cccc(C)c1-c1cnc2c3[c-]cccc3c3cc(CC(C)C)c(CC(C)C)cc3n12.[Ir].[Ir]. The second-order valence-corrected chi connectivity index (χ2v) is 29.8. The molecule has 0 fully saturated rings. The van der Waals surface area contributed by atoms with Crippen LogP contribution in [0.15, 0.2) is 200 Å². The van der Waals surface area contributed by atoms with Gasteiger partial charge in [0.15, 0.2) is 5.69 Å². The summed E-state index contributed by atoms with van der Waals surface area (Å²) in [5.41, 5.74) is 32.1. The molecule has 6 aromatic heterocycles. The number of rotatable bonds is 10. The van der Waals surface area contributed by atoms with Crippen molar-refractivity contribution >= 4 is 82.0 Å². The van der Waals surface area contributed by atoms with Crippen LogP contribution >= 0.6 is 0 Å². The van der Waals surface area contributed by atoms with Crippen LogP contribution in [0.3, 0.4) is 0 Å². The van der Waals surface area contributed by atoms with E-state index in [-0.39, 0.29) is 45.6 Å². The molecule has 0 saturated carbocycles. The molecule has 17 rings (SSSR count). The number of hydrogen-bond acceptors (Lipinski definition) is 2. The fourth-order valence-electron chi connectivity index (χ4n) is 16.2. The topological polar surface area (TPSA) is 42.9 Å². The Balaban J connectivity index is 0.000000132. The molecule has 0 unspecified atom stereocenters. The van der Waals surface area contributed by atoms with Gasteiger partial charge in [-0.1, -0.05) is 187 Å². The molecule has 7 heterocycles. The van der Waals surface area contributed by atoms with Crippen LogP contribution in [0.4, 0.5) is 0 Å². The number of nitrogens with zero attached hydrogens (tertiary/aromatic N) is 6. The van der Waals surface area contributed by atoms with Crippen molar-refractivity contribution in [3.8, 4) is 33.8 Å². The Kier molecular flexibility index (Phi) is 19.0. The molecular weight excluding hydrogens is 1560 g/mol. The van der Waals surface area contributed by atoms with E-state index in [0.717, 1.165) is 65.7 Å². The molecule has 0 spiro atoms. The summed E-state index contributed by atoms with van der Waals surface area (Å²) in [6, 6.07) is 75.7. The second kappa shape index (κ2) is 27.3. The third-order valence-electron chi connectivity index (χ3n) is 20.2. The quantitative estimate of drug-likeness (QED) is 0.0778. The molecule has 500 valence electrons. The van der Waals surface area contributed by atoms with E-state index in [2.05, 4.69) is 315 Å². The molecule has 1 aliphatic rings. The first-order valence-corrected chi connectivity index (χ1v) is 34.9. The number of benzene rings is 10. The molecule has 0 aliphatic carbocycles. The Bertz CT molecular complexity index is 5750. The minimum absolute atomic E-state index is 0. The molecule has 1 aliphatic heterocycles. The number of imidazole rings is 3. The Morgan fingerprint density at radius 3 is 1.59 bits per heavy atom. The molecule has 10 aromatic carbocycles. The van der Waals surface area contributed by atoms with Gasteiger partial charge < -0.3 is 8.80 Å². The van der Waals surface area contributed by atoms with E-state index < -0.39 is 0 Å². The molecule has 99 heavy (non-hydrogen) atoms. The molecule has 16 aromatic rings.